The molecule has 9 heteroatoms. The molecule has 0 fully saturated rings. The standard InChI is InChI=1S/C13H32O5Si4/c1-9-10-11-12(2)13(14)15-22(16-19(3)4,17-20(5)6)18-21(7)8/h11,19-21H,9-10H2,1-8H3. The molecule has 0 aliphatic rings. The number of allylic oxidation sites excluding steroid dienone is 1. The summed E-state index contributed by atoms with van der Waals surface area (Å²) in [4.78, 5) is 12.4. The second-order valence-electron chi connectivity index (χ2n) is 6.07. The van der Waals surface area contributed by atoms with E-state index in [1.807, 2.05) is 45.4 Å². The normalized spacial score (nSPS) is 13.3. The van der Waals surface area contributed by atoms with Crippen LogP contribution in [0, 0.1) is 0 Å². The van der Waals surface area contributed by atoms with Crippen molar-refractivity contribution in [3.63, 3.8) is 0 Å². The fourth-order valence-corrected chi connectivity index (χ4v) is 11.7. The number of carbonyl (C=O) groups excluding carboxylic acids is 1. The van der Waals surface area contributed by atoms with E-state index in [9.17, 15) is 4.79 Å². The van der Waals surface area contributed by atoms with Gasteiger partial charge in [-0.3, -0.25) is 0 Å². The molecule has 0 saturated heterocycles. The van der Waals surface area contributed by atoms with Gasteiger partial charge in [-0.25, -0.2) is 4.79 Å². The zero-order chi connectivity index (χ0) is 17.3. The summed E-state index contributed by atoms with van der Waals surface area (Å²) in [6.45, 7) is 16.0. The number of unbranched alkanes of at least 4 members (excludes halogenated alkanes) is 1. The van der Waals surface area contributed by atoms with Gasteiger partial charge in [-0.1, -0.05) is 19.4 Å². The van der Waals surface area contributed by atoms with Crippen LogP contribution in [0.25, 0.3) is 0 Å². The van der Waals surface area contributed by atoms with Crippen LogP contribution in [0.3, 0.4) is 0 Å². The van der Waals surface area contributed by atoms with Crippen LogP contribution in [0.1, 0.15) is 26.7 Å². The van der Waals surface area contributed by atoms with Gasteiger partial charge in [0.15, 0.2) is 27.1 Å². The molecule has 22 heavy (non-hydrogen) atoms. The van der Waals surface area contributed by atoms with Crippen LogP contribution in [0.2, 0.25) is 39.3 Å². The van der Waals surface area contributed by atoms with E-state index in [1.54, 1.807) is 6.92 Å². The van der Waals surface area contributed by atoms with Gasteiger partial charge in [-0.2, -0.15) is 0 Å². The number of hydrogen-bond acceptors (Lipinski definition) is 5. The van der Waals surface area contributed by atoms with Gasteiger partial charge in [-0.15, -0.1) is 0 Å². The Morgan fingerprint density at radius 2 is 1.36 bits per heavy atom. The molecule has 0 rings (SSSR count). The van der Waals surface area contributed by atoms with Crippen molar-refractivity contribution in [2.45, 2.75) is 66.0 Å². The highest BCUT2D eigenvalue weighted by Crippen LogP contribution is 2.19. The van der Waals surface area contributed by atoms with Gasteiger partial charge in [0.05, 0.1) is 0 Å². The lowest BCUT2D eigenvalue weighted by Gasteiger charge is -2.32. The molecule has 0 aromatic carbocycles. The van der Waals surface area contributed by atoms with Crippen molar-refractivity contribution >= 4 is 42.1 Å². The molecule has 0 amide bonds. The van der Waals surface area contributed by atoms with E-state index in [4.69, 9.17) is 16.8 Å². The van der Waals surface area contributed by atoms with Crippen LogP contribution in [-0.2, 0) is 21.6 Å². The molecule has 0 bridgehead atoms. The maximum Gasteiger partial charge on any atom is 0.719 e. The molecule has 0 spiro atoms. The van der Waals surface area contributed by atoms with Crippen molar-refractivity contribution in [3.8, 4) is 0 Å². The van der Waals surface area contributed by atoms with Crippen LogP contribution >= 0.6 is 0 Å². The summed E-state index contributed by atoms with van der Waals surface area (Å²) in [6, 6.07) is 0. The average Bonchev–Trinajstić information content (AvgIpc) is 2.32. The molecular weight excluding hydrogens is 348 g/mol. The maximum absolute atomic E-state index is 12.4. The van der Waals surface area contributed by atoms with Gasteiger partial charge in [0.2, 0.25) is 0 Å². The summed E-state index contributed by atoms with van der Waals surface area (Å²) in [5.74, 6) is -0.376. The van der Waals surface area contributed by atoms with E-state index in [0.29, 0.717) is 5.57 Å². The first-order valence-electron chi connectivity index (χ1n) is 8.05. The summed E-state index contributed by atoms with van der Waals surface area (Å²) in [7, 11) is -7.75. The molecule has 0 heterocycles. The van der Waals surface area contributed by atoms with E-state index in [1.165, 1.54) is 0 Å². The highest BCUT2D eigenvalue weighted by atomic mass is 28.5. The fraction of sp³-hybridized carbons (Fsp3) is 0.769. The van der Waals surface area contributed by atoms with Crippen LogP contribution < -0.4 is 0 Å². The minimum Gasteiger partial charge on any atom is -0.450 e. The monoisotopic (exact) mass is 380 g/mol. The lowest BCUT2D eigenvalue weighted by molar-refractivity contribution is -0.135. The number of carbonyl (C=O) groups is 1. The Morgan fingerprint density at radius 3 is 1.68 bits per heavy atom. The molecule has 5 nitrogen and oxygen atoms in total. The highest BCUT2D eigenvalue weighted by molar-refractivity contribution is 6.77. The van der Waals surface area contributed by atoms with E-state index in [0.717, 1.165) is 12.8 Å². The van der Waals surface area contributed by atoms with Crippen molar-refractivity contribution in [1.29, 1.82) is 0 Å². The maximum atomic E-state index is 12.4. The van der Waals surface area contributed by atoms with Crippen LogP contribution in [0.5, 0.6) is 0 Å². The van der Waals surface area contributed by atoms with Gasteiger partial charge in [-0.05, 0) is 52.6 Å². The van der Waals surface area contributed by atoms with Crippen LogP contribution in [0.4, 0.5) is 0 Å². The largest absolute Gasteiger partial charge is 0.719 e. The summed E-state index contributed by atoms with van der Waals surface area (Å²) in [5, 5.41) is 0. The molecule has 0 aromatic heterocycles. The lowest BCUT2D eigenvalue weighted by Crippen LogP contribution is -2.56. The Kier molecular flexibility index (Phi) is 10.7. The van der Waals surface area contributed by atoms with E-state index in [-0.39, 0.29) is 5.97 Å². The molecule has 130 valence electrons. The molecule has 0 saturated carbocycles. The second-order valence-corrected chi connectivity index (χ2v) is 16.4. The summed E-state index contributed by atoms with van der Waals surface area (Å²) < 4.78 is 23.8. The van der Waals surface area contributed by atoms with Gasteiger partial charge in [0.1, 0.15) is 0 Å². The van der Waals surface area contributed by atoms with Crippen LogP contribution in [0.15, 0.2) is 11.6 Å². The lowest BCUT2D eigenvalue weighted by atomic mass is 10.2. The van der Waals surface area contributed by atoms with Crippen molar-refractivity contribution in [2.75, 3.05) is 0 Å². The minimum atomic E-state index is -3.36. The zero-order valence-electron chi connectivity index (χ0n) is 15.3. The fourth-order valence-electron chi connectivity index (χ4n) is 1.66. The molecule has 0 aliphatic heterocycles. The SMILES string of the molecule is CCCC=C(C)C(=O)O[Si](O[SiH](C)C)(O[SiH](C)C)O[SiH](C)C. The Balaban J connectivity index is 5.29. The second kappa shape index (κ2) is 10.7. The molecular formula is C13H32O5Si4. The first-order valence-corrected chi connectivity index (χ1v) is 18.0. The Bertz CT molecular complexity index is 345. The summed E-state index contributed by atoms with van der Waals surface area (Å²) in [6.07, 6.45) is 3.75. The molecule has 0 aliphatic carbocycles. The van der Waals surface area contributed by atoms with Crippen LogP contribution in [-0.4, -0.2) is 42.1 Å². The van der Waals surface area contributed by atoms with Crippen molar-refractivity contribution in [3.05, 3.63) is 11.6 Å². The first-order chi connectivity index (χ1) is 10.1. The smallest absolute Gasteiger partial charge is 0.450 e. The minimum absolute atomic E-state index is 0.376. The summed E-state index contributed by atoms with van der Waals surface area (Å²) in [5.41, 5.74) is 0.593. The quantitative estimate of drug-likeness (QED) is 0.431. The summed E-state index contributed by atoms with van der Waals surface area (Å²) >= 11 is 0. The third-order valence-corrected chi connectivity index (χ3v) is 12.0. The topological polar surface area (TPSA) is 54.0 Å². The molecule has 0 radical (unpaired) electrons. The van der Waals surface area contributed by atoms with Crippen molar-refractivity contribution in [1.82, 2.24) is 0 Å². The predicted molar refractivity (Wildman–Crippen MR) is 100 cm³/mol. The van der Waals surface area contributed by atoms with Gasteiger partial charge >= 0.3 is 15.0 Å². The van der Waals surface area contributed by atoms with E-state index in [2.05, 4.69) is 6.92 Å². The molecule has 0 unspecified atom stereocenters. The zero-order valence-corrected chi connectivity index (χ0v) is 19.7. The molecule has 0 aromatic rings. The third kappa shape index (κ3) is 9.18. The van der Waals surface area contributed by atoms with E-state index < -0.39 is 36.2 Å². The van der Waals surface area contributed by atoms with Gasteiger partial charge < -0.3 is 16.8 Å². The molecule has 0 N–H and O–H groups in total. The van der Waals surface area contributed by atoms with Gasteiger partial charge in [0.25, 0.3) is 0 Å². The molecule has 0 atom stereocenters. The van der Waals surface area contributed by atoms with Gasteiger partial charge in [0, 0.05) is 5.57 Å². The Labute approximate surface area is 141 Å². The highest BCUT2D eigenvalue weighted by Gasteiger charge is 2.51. The average molecular weight is 381 g/mol. The van der Waals surface area contributed by atoms with E-state index >= 15 is 0 Å². The number of hydrogen-bond donors (Lipinski definition) is 0. The van der Waals surface area contributed by atoms with Crippen molar-refractivity contribution < 1.29 is 21.6 Å². The Morgan fingerprint density at radius 1 is 0.955 bits per heavy atom. The first kappa shape index (κ1) is 22.0. The Hall–Kier alpha value is -0.0425. The predicted octanol–water partition coefficient (Wildman–Crippen LogP) is 2.71. The third-order valence-electron chi connectivity index (χ3n) is 2.42. The number of rotatable bonds is 10. The van der Waals surface area contributed by atoms with Crippen molar-refractivity contribution in [2.24, 2.45) is 0 Å².